The standard InChI is InChI=1S/C11H11FN2O/c1-8-4-10(2-3-11(8)12)14-5-9(6-15)13-7-14/h2-5,7,15H,6H2,1H3. The fraction of sp³-hybridized carbons (Fsp3) is 0.182. The maximum absolute atomic E-state index is 13.0. The first kappa shape index (κ1) is 9.86. The minimum absolute atomic E-state index is 0.0901. The normalized spacial score (nSPS) is 10.6. The predicted octanol–water partition coefficient (Wildman–Crippen LogP) is 1.81. The number of aryl methyl sites for hydroxylation is 1. The summed E-state index contributed by atoms with van der Waals surface area (Å²) in [4.78, 5) is 3.98. The lowest BCUT2D eigenvalue weighted by molar-refractivity contribution is 0.277. The molecule has 2 aromatic rings. The number of hydrogen-bond acceptors (Lipinski definition) is 2. The molecule has 0 saturated carbocycles. The van der Waals surface area contributed by atoms with Crippen LogP contribution in [0.15, 0.2) is 30.7 Å². The topological polar surface area (TPSA) is 38.0 Å². The van der Waals surface area contributed by atoms with Gasteiger partial charge in [0, 0.05) is 11.9 Å². The lowest BCUT2D eigenvalue weighted by Gasteiger charge is -2.03. The summed E-state index contributed by atoms with van der Waals surface area (Å²) in [7, 11) is 0. The van der Waals surface area contributed by atoms with Gasteiger partial charge in [0.05, 0.1) is 18.6 Å². The number of aliphatic hydroxyl groups is 1. The van der Waals surface area contributed by atoms with Gasteiger partial charge in [-0.2, -0.15) is 0 Å². The minimum atomic E-state index is -0.221. The Bertz CT molecular complexity index is 479. The fourth-order valence-electron chi connectivity index (χ4n) is 1.38. The molecule has 15 heavy (non-hydrogen) atoms. The van der Waals surface area contributed by atoms with Gasteiger partial charge in [-0.15, -0.1) is 0 Å². The van der Waals surface area contributed by atoms with Crippen LogP contribution in [-0.4, -0.2) is 14.7 Å². The summed E-state index contributed by atoms with van der Waals surface area (Å²) in [5.74, 6) is -0.221. The van der Waals surface area contributed by atoms with E-state index in [4.69, 9.17) is 5.11 Å². The van der Waals surface area contributed by atoms with Crippen LogP contribution in [-0.2, 0) is 6.61 Å². The minimum Gasteiger partial charge on any atom is -0.390 e. The Morgan fingerprint density at radius 1 is 1.47 bits per heavy atom. The zero-order valence-electron chi connectivity index (χ0n) is 8.31. The molecule has 0 saturated heterocycles. The number of rotatable bonds is 2. The van der Waals surface area contributed by atoms with E-state index in [0.717, 1.165) is 5.69 Å². The van der Waals surface area contributed by atoms with Crippen LogP contribution in [0.25, 0.3) is 5.69 Å². The van der Waals surface area contributed by atoms with E-state index in [1.807, 2.05) is 0 Å². The number of halogens is 1. The van der Waals surface area contributed by atoms with Gasteiger partial charge in [-0.3, -0.25) is 0 Å². The molecule has 0 fully saturated rings. The van der Waals surface area contributed by atoms with Gasteiger partial charge in [0.1, 0.15) is 5.82 Å². The van der Waals surface area contributed by atoms with Crippen molar-refractivity contribution in [1.29, 1.82) is 0 Å². The average Bonchev–Trinajstić information content (AvgIpc) is 2.70. The second-order valence-electron chi connectivity index (χ2n) is 3.36. The molecular weight excluding hydrogens is 195 g/mol. The lowest BCUT2D eigenvalue weighted by Crippen LogP contribution is -1.92. The second-order valence-corrected chi connectivity index (χ2v) is 3.36. The summed E-state index contributed by atoms with van der Waals surface area (Å²) in [6, 6.07) is 4.83. The molecule has 0 aliphatic carbocycles. The van der Waals surface area contributed by atoms with Gasteiger partial charge in [0.25, 0.3) is 0 Å². The molecule has 0 spiro atoms. The highest BCUT2D eigenvalue weighted by molar-refractivity contribution is 5.36. The number of imidazole rings is 1. The van der Waals surface area contributed by atoms with Crippen LogP contribution in [0, 0.1) is 12.7 Å². The quantitative estimate of drug-likeness (QED) is 0.813. The third-order valence-corrected chi connectivity index (χ3v) is 2.24. The summed E-state index contributed by atoms with van der Waals surface area (Å²) in [5, 5.41) is 8.86. The Morgan fingerprint density at radius 2 is 2.27 bits per heavy atom. The molecule has 0 radical (unpaired) electrons. The van der Waals surface area contributed by atoms with E-state index < -0.39 is 0 Å². The average molecular weight is 206 g/mol. The number of aliphatic hydroxyl groups excluding tert-OH is 1. The summed E-state index contributed by atoms with van der Waals surface area (Å²) in [6.45, 7) is 1.62. The maximum atomic E-state index is 13.0. The van der Waals surface area contributed by atoms with E-state index in [1.165, 1.54) is 6.07 Å². The van der Waals surface area contributed by atoms with E-state index in [0.29, 0.717) is 11.3 Å². The van der Waals surface area contributed by atoms with Crippen LogP contribution >= 0.6 is 0 Å². The van der Waals surface area contributed by atoms with Gasteiger partial charge in [-0.05, 0) is 30.7 Å². The molecule has 2 rings (SSSR count). The molecule has 1 aromatic heterocycles. The van der Waals surface area contributed by atoms with Crippen molar-refractivity contribution >= 4 is 0 Å². The highest BCUT2D eigenvalue weighted by atomic mass is 19.1. The Morgan fingerprint density at radius 3 is 2.87 bits per heavy atom. The zero-order valence-corrected chi connectivity index (χ0v) is 8.31. The van der Waals surface area contributed by atoms with Crippen molar-refractivity contribution in [3.05, 3.63) is 47.8 Å². The third kappa shape index (κ3) is 1.89. The molecule has 3 nitrogen and oxygen atoms in total. The smallest absolute Gasteiger partial charge is 0.126 e. The van der Waals surface area contributed by atoms with Gasteiger partial charge in [-0.1, -0.05) is 0 Å². The zero-order chi connectivity index (χ0) is 10.8. The number of nitrogens with zero attached hydrogens (tertiary/aromatic N) is 2. The first-order valence-electron chi connectivity index (χ1n) is 4.61. The van der Waals surface area contributed by atoms with Crippen LogP contribution in [0.4, 0.5) is 4.39 Å². The Labute approximate surface area is 86.8 Å². The molecule has 0 amide bonds. The van der Waals surface area contributed by atoms with Crippen molar-refractivity contribution in [2.75, 3.05) is 0 Å². The number of aromatic nitrogens is 2. The summed E-state index contributed by atoms with van der Waals surface area (Å²) >= 11 is 0. The number of hydrogen-bond donors (Lipinski definition) is 1. The number of benzene rings is 1. The molecule has 1 N–H and O–H groups in total. The van der Waals surface area contributed by atoms with Crippen LogP contribution in [0.2, 0.25) is 0 Å². The lowest BCUT2D eigenvalue weighted by atomic mass is 10.2. The molecule has 0 atom stereocenters. The van der Waals surface area contributed by atoms with Crippen molar-refractivity contribution < 1.29 is 9.50 Å². The summed E-state index contributed by atoms with van der Waals surface area (Å²) in [6.07, 6.45) is 3.31. The van der Waals surface area contributed by atoms with E-state index in [-0.39, 0.29) is 12.4 Å². The van der Waals surface area contributed by atoms with E-state index in [9.17, 15) is 4.39 Å². The predicted molar refractivity (Wildman–Crippen MR) is 54.2 cm³/mol. The molecule has 0 bridgehead atoms. The van der Waals surface area contributed by atoms with Gasteiger partial charge in [0.15, 0.2) is 0 Å². The van der Waals surface area contributed by atoms with E-state index in [2.05, 4.69) is 4.98 Å². The maximum Gasteiger partial charge on any atom is 0.126 e. The first-order valence-corrected chi connectivity index (χ1v) is 4.61. The summed E-state index contributed by atoms with van der Waals surface area (Å²) in [5.41, 5.74) is 2.02. The second kappa shape index (κ2) is 3.82. The van der Waals surface area contributed by atoms with Crippen molar-refractivity contribution in [1.82, 2.24) is 9.55 Å². The van der Waals surface area contributed by atoms with Gasteiger partial charge in [0.2, 0.25) is 0 Å². The molecule has 0 aliphatic heterocycles. The molecular formula is C11H11FN2O. The van der Waals surface area contributed by atoms with Crippen LogP contribution < -0.4 is 0 Å². The fourth-order valence-corrected chi connectivity index (χ4v) is 1.38. The van der Waals surface area contributed by atoms with Crippen molar-refractivity contribution in [2.45, 2.75) is 13.5 Å². The van der Waals surface area contributed by atoms with Crippen molar-refractivity contribution in [2.24, 2.45) is 0 Å². The molecule has 1 aromatic carbocycles. The first-order chi connectivity index (χ1) is 7.20. The van der Waals surface area contributed by atoms with E-state index >= 15 is 0 Å². The Hall–Kier alpha value is -1.68. The van der Waals surface area contributed by atoms with Gasteiger partial charge < -0.3 is 9.67 Å². The SMILES string of the molecule is Cc1cc(-n2cnc(CO)c2)ccc1F. The molecule has 4 heteroatoms. The van der Waals surface area contributed by atoms with Crippen LogP contribution in [0.1, 0.15) is 11.3 Å². The highest BCUT2D eigenvalue weighted by Gasteiger charge is 2.02. The monoisotopic (exact) mass is 206 g/mol. The van der Waals surface area contributed by atoms with Crippen molar-refractivity contribution in [3.8, 4) is 5.69 Å². The molecule has 78 valence electrons. The Kier molecular flexibility index (Phi) is 2.51. The largest absolute Gasteiger partial charge is 0.390 e. The third-order valence-electron chi connectivity index (χ3n) is 2.24. The molecule has 0 unspecified atom stereocenters. The summed E-state index contributed by atoms with van der Waals surface area (Å²) < 4.78 is 14.8. The van der Waals surface area contributed by atoms with Crippen LogP contribution in [0.3, 0.4) is 0 Å². The molecule has 0 aliphatic rings. The Balaban J connectivity index is 2.40. The van der Waals surface area contributed by atoms with E-state index in [1.54, 1.807) is 36.1 Å². The highest BCUT2D eigenvalue weighted by Crippen LogP contribution is 2.13. The van der Waals surface area contributed by atoms with Gasteiger partial charge >= 0.3 is 0 Å². The van der Waals surface area contributed by atoms with Crippen LogP contribution in [0.5, 0.6) is 0 Å². The van der Waals surface area contributed by atoms with Gasteiger partial charge in [-0.25, -0.2) is 9.37 Å². The van der Waals surface area contributed by atoms with Crippen molar-refractivity contribution in [3.63, 3.8) is 0 Å². The molecule has 1 heterocycles.